The molecule has 0 saturated carbocycles. The zero-order valence-electron chi connectivity index (χ0n) is 9.71. The minimum Gasteiger partial charge on any atom is -0.253 e. The van der Waals surface area contributed by atoms with Crippen LogP contribution in [0.3, 0.4) is 0 Å². The second-order valence-corrected chi connectivity index (χ2v) is 6.41. The third-order valence-electron chi connectivity index (χ3n) is 2.37. The van der Waals surface area contributed by atoms with Gasteiger partial charge in [0.1, 0.15) is 0 Å². The highest BCUT2D eigenvalue weighted by molar-refractivity contribution is 7.96. The average Bonchev–Trinajstić information content (AvgIpc) is 2.82. The van der Waals surface area contributed by atoms with Crippen molar-refractivity contribution in [3.8, 4) is 0 Å². The molecule has 0 spiro atoms. The number of hydrogen-bond acceptors (Lipinski definition) is 5. The normalized spacial score (nSPS) is 15.7. The number of benzene rings is 1. The van der Waals surface area contributed by atoms with E-state index in [4.69, 9.17) is 0 Å². The van der Waals surface area contributed by atoms with Gasteiger partial charge >= 0.3 is 6.03 Å². The van der Waals surface area contributed by atoms with Gasteiger partial charge < -0.3 is 0 Å². The molecule has 1 aromatic rings. The summed E-state index contributed by atoms with van der Waals surface area (Å²) in [4.78, 5) is 11.8. The molecule has 0 aliphatic carbocycles. The Morgan fingerprint density at radius 2 is 2.06 bits per heavy atom. The molecule has 0 bridgehead atoms. The van der Waals surface area contributed by atoms with Gasteiger partial charge in [-0.2, -0.15) is 0 Å². The van der Waals surface area contributed by atoms with Crippen molar-refractivity contribution in [3.63, 3.8) is 0 Å². The Kier molecular flexibility index (Phi) is 3.79. The largest absolute Gasteiger partial charge is 0.342 e. The standard InChI is InChI=1S/C10H13N3O3S2/c1-8-2-4-9(5-3-8)18(15,16)12-10(14)13-7-6-11-17-13/h2-5,11H,6-7H2,1H3,(H,12,14). The van der Waals surface area contributed by atoms with Crippen LogP contribution in [-0.2, 0) is 10.0 Å². The number of hydrogen-bond donors (Lipinski definition) is 2. The molecule has 2 amide bonds. The predicted octanol–water partition coefficient (Wildman–Crippen LogP) is 0.862. The minimum absolute atomic E-state index is 0.0820. The van der Waals surface area contributed by atoms with Crippen molar-refractivity contribution < 1.29 is 13.2 Å². The number of carbonyl (C=O) groups excluding carboxylic acids is 1. The van der Waals surface area contributed by atoms with Gasteiger partial charge in [-0.3, -0.25) is 4.31 Å². The van der Waals surface area contributed by atoms with Crippen LogP contribution in [0.15, 0.2) is 29.2 Å². The first-order valence-electron chi connectivity index (χ1n) is 5.30. The first-order chi connectivity index (χ1) is 8.49. The Morgan fingerprint density at radius 1 is 1.39 bits per heavy atom. The number of urea groups is 1. The molecule has 0 atom stereocenters. The molecule has 98 valence electrons. The van der Waals surface area contributed by atoms with Crippen LogP contribution in [-0.4, -0.2) is 31.8 Å². The molecule has 6 nitrogen and oxygen atoms in total. The summed E-state index contributed by atoms with van der Waals surface area (Å²) in [5, 5.41) is 0. The molecular weight excluding hydrogens is 274 g/mol. The Labute approximate surface area is 110 Å². The van der Waals surface area contributed by atoms with E-state index in [0.717, 1.165) is 17.7 Å². The molecule has 2 N–H and O–H groups in total. The highest BCUT2D eigenvalue weighted by Crippen LogP contribution is 2.14. The molecule has 1 aliphatic rings. The van der Waals surface area contributed by atoms with Crippen molar-refractivity contribution >= 4 is 28.2 Å². The van der Waals surface area contributed by atoms with Crippen LogP contribution in [0.1, 0.15) is 5.56 Å². The van der Waals surface area contributed by atoms with Crippen LogP contribution in [0.2, 0.25) is 0 Å². The summed E-state index contributed by atoms with van der Waals surface area (Å²) in [6.07, 6.45) is 0. The van der Waals surface area contributed by atoms with Crippen LogP contribution in [0, 0.1) is 6.92 Å². The lowest BCUT2D eigenvalue weighted by Gasteiger charge is -2.13. The zero-order chi connectivity index (χ0) is 13.2. The van der Waals surface area contributed by atoms with Gasteiger partial charge in [-0.25, -0.2) is 22.7 Å². The molecule has 1 saturated heterocycles. The Bertz CT molecular complexity index is 536. The molecule has 0 unspecified atom stereocenters. The van der Waals surface area contributed by atoms with Crippen LogP contribution < -0.4 is 9.44 Å². The van der Waals surface area contributed by atoms with E-state index in [2.05, 4.69) is 4.72 Å². The lowest BCUT2D eigenvalue weighted by Crippen LogP contribution is -2.38. The fourth-order valence-electron chi connectivity index (χ4n) is 1.40. The van der Waals surface area contributed by atoms with E-state index < -0.39 is 16.1 Å². The SMILES string of the molecule is Cc1ccc(S(=O)(=O)NC(=O)N2CCNS2)cc1. The summed E-state index contributed by atoms with van der Waals surface area (Å²) >= 11 is 1.10. The second kappa shape index (κ2) is 5.17. The number of aryl methyl sites for hydroxylation is 1. The Balaban J connectivity index is 2.11. The van der Waals surface area contributed by atoms with Crippen molar-refractivity contribution in [2.24, 2.45) is 0 Å². The van der Waals surface area contributed by atoms with Crippen LogP contribution in [0.4, 0.5) is 4.79 Å². The maximum absolute atomic E-state index is 11.9. The number of nitrogens with one attached hydrogen (secondary N) is 2. The summed E-state index contributed by atoms with van der Waals surface area (Å²) in [5.74, 6) is 0. The lowest BCUT2D eigenvalue weighted by molar-refractivity contribution is 0.233. The van der Waals surface area contributed by atoms with E-state index in [1.54, 1.807) is 12.1 Å². The van der Waals surface area contributed by atoms with E-state index in [1.165, 1.54) is 16.4 Å². The molecule has 18 heavy (non-hydrogen) atoms. The smallest absolute Gasteiger partial charge is 0.253 e. The predicted molar refractivity (Wildman–Crippen MR) is 69.2 cm³/mol. The zero-order valence-corrected chi connectivity index (χ0v) is 11.3. The number of carbonyl (C=O) groups is 1. The number of amides is 2. The van der Waals surface area contributed by atoms with E-state index in [9.17, 15) is 13.2 Å². The minimum atomic E-state index is -3.80. The monoisotopic (exact) mass is 287 g/mol. The lowest BCUT2D eigenvalue weighted by atomic mass is 10.2. The highest BCUT2D eigenvalue weighted by Gasteiger charge is 2.24. The van der Waals surface area contributed by atoms with Crippen LogP contribution in [0.5, 0.6) is 0 Å². The van der Waals surface area contributed by atoms with Gasteiger partial charge in [-0.15, -0.1) is 0 Å². The van der Waals surface area contributed by atoms with E-state index >= 15 is 0 Å². The number of rotatable bonds is 2. The number of nitrogens with zero attached hydrogens (tertiary/aromatic N) is 1. The first kappa shape index (κ1) is 13.2. The van der Waals surface area contributed by atoms with Crippen molar-refractivity contribution in [3.05, 3.63) is 29.8 Å². The number of sulfonamides is 1. The third kappa shape index (κ3) is 2.95. The van der Waals surface area contributed by atoms with Gasteiger partial charge in [0.05, 0.1) is 4.90 Å². The highest BCUT2D eigenvalue weighted by atomic mass is 32.2. The molecule has 0 aromatic heterocycles. The van der Waals surface area contributed by atoms with E-state index in [0.29, 0.717) is 13.1 Å². The fourth-order valence-corrected chi connectivity index (χ4v) is 3.06. The van der Waals surface area contributed by atoms with Crippen LogP contribution in [0.25, 0.3) is 0 Å². The molecule has 1 fully saturated rings. The summed E-state index contributed by atoms with van der Waals surface area (Å²) in [5.41, 5.74) is 0.958. The Morgan fingerprint density at radius 3 is 2.61 bits per heavy atom. The summed E-state index contributed by atoms with van der Waals surface area (Å²) in [6, 6.07) is 5.68. The maximum Gasteiger partial charge on any atom is 0.342 e. The molecule has 8 heteroatoms. The van der Waals surface area contributed by atoms with Crippen molar-refractivity contribution in [2.75, 3.05) is 13.1 Å². The maximum atomic E-state index is 11.9. The van der Waals surface area contributed by atoms with Gasteiger partial charge in [0.2, 0.25) is 0 Å². The van der Waals surface area contributed by atoms with Gasteiger partial charge in [-0.05, 0) is 19.1 Å². The topological polar surface area (TPSA) is 78.5 Å². The van der Waals surface area contributed by atoms with Gasteiger partial charge in [0.25, 0.3) is 10.0 Å². The summed E-state index contributed by atoms with van der Waals surface area (Å²) in [6.45, 7) is 2.98. The van der Waals surface area contributed by atoms with Crippen molar-refractivity contribution in [1.82, 2.24) is 13.7 Å². The van der Waals surface area contributed by atoms with Gasteiger partial charge in [0, 0.05) is 25.2 Å². The van der Waals surface area contributed by atoms with Gasteiger partial charge in [-0.1, -0.05) is 17.7 Å². The van der Waals surface area contributed by atoms with Gasteiger partial charge in [0.15, 0.2) is 0 Å². The molecule has 1 heterocycles. The summed E-state index contributed by atoms with van der Waals surface area (Å²) in [7, 11) is -3.80. The van der Waals surface area contributed by atoms with Crippen molar-refractivity contribution in [2.45, 2.75) is 11.8 Å². The molecule has 2 rings (SSSR count). The Hall–Kier alpha value is -1.25. The van der Waals surface area contributed by atoms with Crippen LogP contribution >= 0.6 is 12.1 Å². The quantitative estimate of drug-likeness (QED) is 0.789. The molecule has 0 radical (unpaired) electrons. The molecular formula is C10H13N3O3S2. The third-order valence-corrected chi connectivity index (χ3v) is 4.61. The molecule has 1 aliphatic heterocycles. The molecule has 1 aromatic carbocycles. The second-order valence-electron chi connectivity index (χ2n) is 3.81. The van der Waals surface area contributed by atoms with E-state index in [1.807, 2.05) is 11.6 Å². The average molecular weight is 287 g/mol. The van der Waals surface area contributed by atoms with Crippen molar-refractivity contribution in [1.29, 1.82) is 0 Å². The first-order valence-corrected chi connectivity index (χ1v) is 7.55. The van der Waals surface area contributed by atoms with E-state index in [-0.39, 0.29) is 4.90 Å². The summed E-state index contributed by atoms with van der Waals surface area (Å²) < 4.78 is 30.1. The fraction of sp³-hybridized carbons (Fsp3) is 0.300.